The van der Waals surface area contributed by atoms with Crippen LogP contribution in [-0.2, 0) is 9.53 Å². The number of amides is 1. The minimum atomic E-state index is -0.735. The number of esters is 1. The van der Waals surface area contributed by atoms with Crippen molar-refractivity contribution in [3.05, 3.63) is 124 Å². The molecule has 35 heavy (non-hydrogen) atoms. The van der Waals surface area contributed by atoms with E-state index in [0.717, 1.165) is 21.4 Å². The Hall–Kier alpha value is -4.52. The Bertz CT molecular complexity index is 1360. The lowest BCUT2D eigenvalue weighted by Crippen LogP contribution is -2.29. The predicted molar refractivity (Wildman–Crippen MR) is 134 cm³/mol. The molecule has 4 rings (SSSR count). The number of aromatic nitrogens is 2. The molecular weight excluding hydrogens is 442 g/mol. The van der Waals surface area contributed by atoms with Crippen molar-refractivity contribution in [2.75, 3.05) is 11.9 Å². The highest BCUT2D eigenvalue weighted by Crippen LogP contribution is 2.27. The van der Waals surface area contributed by atoms with Gasteiger partial charge in [0.25, 0.3) is 5.56 Å². The molecule has 0 unspecified atom stereocenters. The molecule has 7 heteroatoms. The molecule has 4 aromatic rings. The van der Waals surface area contributed by atoms with Gasteiger partial charge in [-0.05, 0) is 36.6 Å². The maximum atomic E-state index is 13.6. The first kappa shape index (κ1) is 23.6. The van der Waals surface area contributed by atoms with Crippen LogP contribution in [-0.4, -0.2) is 28.3 Å². The monoisotopic (exact) mass is 467 g/mol. The molecule has 176 valence electrons. The summed E-state index contributed by atoms with van der Waals surface area (Å²) in [5.74, 6) is -1.80. The van der Waals surface area contributed by atoms with E-state index in [1.807, 2.05) is 79.7 Å². The Morgan fingerprint density at radius 2 is 1.49 bits per heavy atom. The van der Waals surface area contributed by atoms with Crippen molar-refractivity contribution in [1.82, 2.24) is 9.78 Å². The van der Waals surface area contributed by atoms with E-state index < -0.39 is 23.4 Å². The Balaban J connectivity index is 1.79. The number of aryl methyl sites for hydroxylation is 1. The third-order valence-electron chi connectivity index (χ3n) is 5.53. The molecule has 1 heterocycles. The standard InChI is InChI=1S/C28H25N3O4/c1-3-35-28(34)26-22(18-24(32)31(30-26)23-17-11-10-12-19(23)2)29-27(33)25(20-13-6-4-7-14-20)21-15-8-5-9-16-21/h4-18,25H,3H2,1-2H3,(H,29,33). The van der Waals surface area contributed by atoms with Crippen LogP contribution in [0.2, 0.25) is 0 Å². The van der Waals surface area contributed by atoms with Crippen LogP contribution in [0.3, 0.4) is 0 Å². The summed E-state index contributed by atoms with van der Waals surface area (Å²) >= 11 is 0. The van der Waals surface area contributed by atoms with Crippen LogP contribution in [0, 0.1) is 6.92 Å². The highest BCUT2D eigenvalue weighted by molar-refractivity contribution is 6.03. The van der Waals surface area contributed by atoms with Gasteiger partial charge in [0, 0.05) is 6.07 Å². The average Bonchev–Trinajstić information content (AvgIpc) is 2.86. The topological polar surface area (TPSA) is 90.3 Å². The lowest BCUT2D eigenvalue weighted by molar-refractivity contribution is -0.116. The Kier molecular flexibility index (Phi) is 7.16. The number of rotatable bonds is 7. The van der Waals surface area contributed by atoms with Crippen LogP contribution in [0.25, 0.3) is 5.69 Å². The summed E-state index contributed by atoms with van der Waals surface area (Å²) in [5, 5.41) is 7.06. The molecule has 0 fully saturated rings. The lowest BCUT2D eigenvalue weighted by Gasteiger charge is -2.19. The molecule has 0 spiro atoms. The number of carbonyl (C=O) groups is 2. The van der Waals surface area contributed by atoms with E-state index in [1.54, 1.807) is 19.1 Å². The fourth-order valence-corrected chi connectivity index (χ4v) is 3.87. The number of anilines is 1. The summed E-state index contributed by atoms with van der Waals surface area (Å²) < 4.78 is 6.31. The number of nitrogens with zero attached hydrogens (tertiary/aromatic N) is 2. The second-order valence-electron chi connectivity index (χ2n) is 7.91. The Labute approximate surface area is 203 Å². The normalized spacial score (nSPS) is 10.7. The predicted octanol–water partition coefficient (Wildman–Crippen LogP) is 4.49. The van der Waals surface area contributed by atoms with E-state index in [9.17, 15) is 14.4 Å². The summed E-state index contributed by atoms with van der Waals surface area (Å²) in [6, 6.07) is 27.0. The van der Waals surface area contributed by atoms with Gasteiger partial charge < -0.3 is 10.1 Å². The molecule has 7 nitrogen and oxygen atoms in total. The van der Waals surface area contributed by atoms with Gasteiger partial charge in [-0.1, -0.05) is 78.9 Å². The molecule has 3 aromatic carbocycles. The molecule has 0 aliphatic rings. The second kappa shape index (κ2) is 10.6. The largest absolute Gasteiger partial charge is 0.461 e. The van der Waals surface area contributed by atoms with Gasteiger partial charge in [-0.15, -0.1) is 0 Å². The van der Waals surface area contributed by atoms with Gasteiger partial charge in [0.05, 0.1) is 23.9 Å². The van der Waals surface area contributed by atoms with Crippen molar-refractivity contribution < 1.29 is 14.3 Å². The number of carbonyl (C=O) groups excluding carboxylic acids is 2. The molecule has 1 aromatic heterocycles. The highest BCUT2D eigenvalue weighted by atomic mass is 16.5. The smallest absolute Gasteiger partial charge is 0.360 e. The number of hydrogen-bond donors (Lipinski definition) is 1. The molecule has 0 radical (unpaired) electrons. The van der Waals surface area contributed by atoms with Gasteiger partial charge in [0.1, 0.15) is 0 Å². The molecule has 0 saturated carbocycles. The molecular formula is C28H25N3O4. The quantitative estimate of drug-likeness (QED) is 0.405. The second-order valence-corrected chi connectivity index (χ2v) is 7.91. The van der Waals surface area contributed by atoms with E-state index in [2.05, 4.69) is 10.4 Å². The van der Waals surface area contributed by atoms with Crippen molar-refractivity contribution in [2.45, 2.75) is 19.8 Å². The van der Waals surface area contributed by atoms with Gasteiger partial charge in [-0.25, -0.2) is 4.79 Å². The maximum absolute atomic E-state index is 13.6. The SMILES string of the molecule is CCOC(=O)c1nn(-c2ccccc2C)c(=O)cc1NC(=O)C(c1ccccc1)c1ccccc1. The Morgan fingerprint density at radius 1 is 0.914 bits per heavy atom. The molecule has 0 atom stereocenters. The van der Waals surface area contributed by atoms with Crippen molar-refractivity contribution in [2.24, 2.45) is 0 Å². The van der Waals surface area contributed by atoms with Gasteiger partial charge >= 0.3 is 5.97 Å². The van der Waals surface area contributed by atoms with Crippen LogP contribution < -0.4 is 10.9 Å². The van der Waals surface area contributed by atoms with E-state index in [0.29, 0.717) is 5.69 Å². The van der Waals surface area contributed by atoms with Crippen LogP contribution >= 0.6 is 0 Å². The minimum absolute atomic E-state index is 0.000136. The maximum Gasteiger partial charge on any atom is 0.360 e. The van der Waals surface area contributed by atoms with Gasteiger partial charge in [-0.2, -0.15) is 9.78 Å². The van der Waals surface area contributed by atoms with Gasteiger partial charge in [0.2, 0.25) is 5.91 Å². The number of ether oxygens (including phenoxy) is 1. The molecule has 0 aliphatic heterocycles. The summed E-state index contributed by atoms with van der Waals surface area (Å²) in [4.78, 5) is 39.4. The summed E-state index contributed by atoms with van der Waals surface area (Å²) in [6.07, 6.45) is 0. The molecule has 0 aliphatic carbocycles. The van der Waals surface area contributed by atoms with Gasteiger partial charge in [0.15, 0.2) is 5.69 Å². The number of benzene rings is 3. The van der Waals surface area contributed by atoms with E-state index >= 15 is 0 Å². The molecule has 1 N–H and O–H groups in total. The zero-order chi connectivity index (χ0) is 24.8. The van der Waals surface area contributed by atoms with Crippen molar-refractivity contribution in [1.29, 1.82) is 0 Å². The van der Waals surface area contributed by atoms with Crippen molar-refractivity contribution in [3.63, 3.8) is 0 Å². The average molecular weight is 468 g/mol. The van der Waals surface area contributed by atoms with E-state index in [-0.39, 0.29) is 18.0 Å². The first-order valence-corrected chi connectivity index (χ1v) is 11.3. The fourth-order valence-electron chi connectivity index (χ4n) is 3.87. The summed E-state index contributed by atoms with van der Waals surface area (Å²) in [6.45, 7) is 3.63. The zero-order valence-corrected chi connectivity index (χ0v) is 19.5. The van der Waals surface area contributed by atoms with Crippen LogP contribution in [0.1, 0.15) is 40.0 Å². The fraction of sp³-hybridized carbons (Fsp3) is 0.143. The molecule has 0 bridgehead atoms. The van der Waals surface area contributed by atoms with Crippen molar-refractivity contribution >= 4 is 17.6 Å². The third-order valence-corrected chi connectivity index (χ3v) is 5.53. The third kappa shape index (κ3) is 5.19. The zero-order valence-electron chi connectivity index (χ0n) is 19.5. The Morgan fingerprint density at radius 3 is 2.06 bits per heavy atom. The van der Waals surface area contributed by atoms with Crippen LogP contribution in [0.15, 0.2) is 95.8 Å². The summed E-state index contributed by atoms with van der Waals surface area (Å²) in [5.41, 5.74) is 2.25. The van der Waals surface area contributed by atoms with E-state index in [1.165, 1.54) is 6.07 Å². The first-order chi connectivity index (χ1) is 17.0. The summed E-state index contributed by atoms with van der Waals surface area (Å²) in [7, 11) is 0. The molecule has 1 amide bonds. The highest BCUT2D eigenvalue weighted by Gasteiger charge is 2.26. The number of nitrogens with one attached hydrogen (secondary N) is 1. The van der Waals surface area contributed by atoms with Crippen LogP contribution in [0.4, 0.5) is 5.69 Å². The van der Waals surface area contributed by atoms with Crippen LogP contribution in [0.5, 0.6) is 0 Å². The molecule has 0 saturated heterocycles. The number of para-hydroxylation sites is 1. The first-order valence-electron chi connectivity index (χ1n) is 11.3. The minimum Gasteiger partial charge on any atom is -0.461 e. The lowest BCUT2D eigenvalue weighted by atomic mass is 9.90. The number of hydrogen-bond acceptors (Lipinski definition) is 5. The van der Waals surface area contributed by atoms with E-state index in [4.69, 9.17) is 4.74 Å². The van der Waals surface area contributed by atoms with Crippen molar-refractivity contribution in [3.8, 4) is 5.69 Å². The van der Waals surface area contributed by atoms with Gasteiger partial charge in [-0.3, -0.25) is 9.59 Å².